The van der Waals surface area contributed by atoms with Gasteiger partial charge < -0.3 is 5.32 Å². The first kappa shape index (κ1) is 15.8. The van der Waals surface area contributed by atoms with Crippen molar-refractivity contribution in [3.05, 3.63) is 120 Å². The number of amidine groups is 1. The zero-order valence-electron chi connectivity index (χ0n) is 14.9. The first-order chi connectivity index (χ1) is 13.4. The minimum atomic E-state index is 0.0579. The van der Waals surface area contributed by atoms with E-state index in [2.05, 4.69) is 108 Å². The van der Waals surface area contributed by atoms with Gasteiger partial charge in [0.1, 0.15) is 11.9 Å². The molecule has 2 nitrogen and oxygen atoms in total. The van der Waals surface area contributed by atoms with Crippen LogP contribution >= 0.6 is 0 Å². The second-order valence-corrected chi connectivity index (χ2v) is 6.89. The van der Waals surface area contributed by atoms with Crippen molar-refractivity contribution in [3.63, 3.8) is 0 Å². The maximum atomic E-state index is 5.14. The first-order valence-corrected chi connectivity index (χ1v) is 9.32. The number of hydrogen-bond acceptors (Lipinski definition) is 2. The molecule has 0 aromatic heterocycles. The van der Waals surface area contributed by atoms with E-state index < -0.39 is 0 Å². The smallest absolute Gasteiger partial charge is 0.130 e. The maximum Gasteiger partial charge on any atom is 0.130 e. The SMILES string of the molecule is c1ccc([C@H]2N=C(c3cccc4ccccc34)N[C@@H]2c2ccccc2)cc1. The molecule has 0 amide bonds. The number of rotatable bonds is 3. The third-order valence-corrected chi connectivity index (χ3v) is 5.22. The Morgan fingerprint density at radius 3 is 2.00 bits per heavy atom. The molecule has 0 bridgehead atoms. The van der Waals surface area contributed by atoms with Crippen molar-refractivity contribution in [2.45, 2.75) is 12.1 Å². The summed E-state index contributed by atoms with van der Waals surface area (Å²) in [6.07, 6.45) is 0. The Morgan fingerprint density at radius 2 is 1.22 bits per heavy atom. The summed E-state index contributed by atoms with van der Waals surface area (Å²) >= 11 is 0. The van der Waals surface area contributed by atoms with E-state index in [1.165, 1.54) is 21.9 Å². The van der Waals surface area contributed by atoms with Crippen molar-refractivity contribution in [3.8, 4) is 0 Å². The van der Waals surface area contributed by atoms with Gasteiger partial charge in [0.15, 0.2) is 0 Å². The van der Waals surface area contributed by atoms with Gasteiger partial charge >= 0.3 is 0 Å². The molecule has 0 unspecified atom stereocenters. The van der Waals surface area contributed by atoms with E-state index in [9.17, 15) is 0 Å². The number of hydrogen-bond donors (Lipinski definition) is 1. The van der Waals surface area contributed by atoms with Crippen LogP contribution in [0.4, 0.5) is 0 Å². The van der Waals surface area contributed by atoms with Crippen LogP contribution in [0.15, 0.2) is 108 Å². The van der Waals surface area contributed by atoms with Crippen LogP contribution in [0.5, 0.6) is 0 Å². The Kier molecular flexibility index (Phi) is 3.95. The quantitative estimate of drug-likeness (QED) is 0.507. The highest BCUT2D eigenvalue weighted by Crippen LogP contribution is 2.37. The fourth-order valence-electron chi connectivity index (χ4n) is 3.90. The van der Waals surface area contributed by atoms with Gasteiger partial charge in [0.05, 0.1) is 6.04 Å². The van der Waals surface area contributed by atoms with Crippen molar-refractivity contribution in [2.24, 2.45) is 4.99 Å². The minimum Gasteiger partial charge on any atom is -0.361 e. The second-order valence-electron chi connectivity index (χ2n) is 6.89. The summed E-state index contributed by atoms with van der Waals surface area (Å²) in [5.74, 6) is 0.967. The summed E-state index contributed by atoms with van der Waals surface area (Å²) < 4.78 is 0. The normalized spacial score (nSPS) is 18.9. The van der Waals surface area contributed by atoms with E-state index in [0.717, 1.165) is 11.4 Å². The summed E-state index contributed by atoms with van der Waals surface area (Å²) in [6, 6.07) is 36.2. The summed E-state index contributed by atoms with van der Waals surface area (Å²) in [5, 5.41) is 6.18. The summed E-state index contributed by atoms with van der Waals surface area (Å²) in [4.78, 5) is 5.14. The molecule has 1 N–H and O–H groups in total. The predicted molar refractivity (Wildman–Crippen MR) is 112 cm³/mol. The van der Waals surface area contributed by atoms with Gasteiger partial charge in [0.2, 0.25) is 0 Å². The van der Waals surface area contributed by atoms with E-state index in [4.69, 9.17) is 4.99 Å². The van der Waals surface area contributed by atoms with Gasteiger partial charge in [-0.3, -0.25) is 4.99 Å². The van der Waals surface area contributed by atoms with Gasteiger partial charge in [-0.1, -0.05) is 103 Å². The number of benzene rings is 4. The molecule has 0 spiro atoms. The molecule has 0 fully saturated rings. The van der Waals surface area contributed by atoms with Crippen molar-refractivity contribution in [1.82, 2.24) is 5.32 Å². The third-order valence-electron chi connectivity index (χ3n) is 5.22. The average molecular weight is 348 g/mol. The molecule has 0 aliphatic carbocycles. The molecule has 130 valence electrons. The van der Waals surface area contributed by atoms with E-state index >= 15 is 0 Å². The standard InChI is InChI=1S/C25H20N2/c1-3-11-19(12-4-1)23-24(20-13-5-2-6-14-20)27-25(26-23)22-17-9-15-18-10-7-8-16-21(18)22/h1-17,23-24H,(H,26,27)/t23-,24-/m1/s1. The Bertz CT molecular complexity index is 1100. The highest BCUT2D eigenvalue weighted by atomic mass is 15.1. The zero-order valence-corrected chi connectivity index (χ0v) is 14.9. The van der Waals surface area contributed by atoms with Gasteiger partial charge in [-0.25, -0.2) is 0 Å². The molecule has 1 heterocycles. The molecule has 1 aliphatic rings. The Labute approximate surface area is 159 Å². The summed E-state index contributed by atoms with van der Waals surface area (Å²) in [7, 11) is 0. The van der Waals surface area contributed by atoms with Crippen molar-refractivity contribution >= 4 is 16.6 Å². The van der Waals surface area contributed by atoms with Gasteiger partial charge in [-0.2, -0.15) is 0 Å². The molecule has 0 saturated heterocycles. The lowest BCUT2D eigenvalue weighted by Gasteiger charge is -2.19. The van der Waals surface area contributed by atoms with Crippen LogP contribution in [-0.2, 0) is 0 Å². The van der Waals surface area contributed by atoms with Crippen LogP contribution in [0.3, 0.4) is 0 Å². The Hall–Kier alpha value is -3.39. The molecule has 0 saturated carbocycles. The lowest BCUT2D eigenvalue weighted by Crippen LogP contribution is -2.25. The Morgan fingerprint density at radius 1 is 0.593 bits per heavy atom. The molecule has 0 radical (unpaired) electrons. The fourth-order valence-corrected chi connectivity index (χ4v) is 3.90. The highest BCUT2D eigenvalue weighted by Gasteiger charge is 2.32. The highest BCUT2D eigenvalue weighted by molar-refractivity contribution is 6.10. The van der Waals surface area contributed by atoms with Gasteiger partial charge in [-0.15, -0.1) is 0 Å². The van der Waals surface area contributed by atoms with E-state index in [0.29, 0.717) is 0 Å². The lowest BCUT2D eigenvalue weighted by molar-refractivity contribution is 0.572. The molecule has 4 aromatic carbocycles. The molecule has 2 heteroatoms. The van der Waals surface area contributed by atoms with Crippen molar-refractivity contribution < 1.29 is 0 Å². The molecular formula is C25H20N2. The molecule has 2 atom stereocenters. The van der Waals surface area contributed by atoms with E-state index in [1.54, 1.807) is 0 Å². The minimum absolute atomic E-state index is 0.0579. The topological polar surface area (TPSA) is 24.4 Å². The molecule has 4 aromatic rings. The number of fused-ring (bicyclic) bond motifs is 1. The van der Waals surface area contributed by atoms with Crippen LogP contribution in [0.1, 0.15) is 28.8 Å². The molecule has 1 aliphatic heterocycles. The largest absolute Gasteiger partial charge is 0.361 e. The maximum absolute atomic E-state index is 5.14. The van der Waals surface area contributed by atoms with Gasteiger partial charge in [-0.05, 0) is 21.9 Å². The zero-order chi connectivity index (χ0) is 18.1. The van der Waals surface area contributed by atoms with Gasteiger partial charge in [0, 0.05) is 5.56 Å². The second kappa shape index (κ2) is 6.73. The van der Waals surface area contributed by atoms with Crippen molar-refractivity contribution in [2.75, 3.05) is 0 Å². The molecule has 5 rings (SSSR count). The number of nitrogens with zero attached hydrogens (tertiary/aromatic N) is 1. The van der Waals surface area contributed by atoms with Crippen LogP contribution in [-0.4, -0.2) is 5.84 Å². The first-order valence-electron chi connectivity index (χ1n) is 9.32. The Balaban J connectivity index is 1.63. The molecular weight excluding hydrogens is 328 g/mol. The molecule has 27 heavy (non-hydrogen) atoms. The fraction of sp³-hybridized carbons (Fsp3) is 0.0800. The monoisotopic (exact) mass is 348 g/mol. The number of nitrogens with one attached hydrogen (secondary N) is 1. The lowest BCUT2D eigenvalue weighted by atomic mass is 9.95. The third kappa shape index (κ3) is 2.89. The van der Waals surface area contributed by atoms with Crippen LogP contribution < -0.4 is 5.32 Å². The van der Waals surface area contributed by atoms with Crippen LogP contribution in [0.25, 0.3) is 10.8 Å². The van der Waals surface area contributed by atoms with Crippen LogP contribution in [0, 0.1) is 0 Å². The summed E-state index contributed by atoms with van der Waals surface area (Å²) in [5.41, 5.74) is 3.65. The van der Waals surface area contributed by atoms with Crippen molar-refractivity contribution in [1.29, 1.82) is 0 Å². The summed E-state index contributed by atoms with van der Waals surface area (Å²) in [6.45, 7) is 0. The average Bonchev–Trinajstić information content (AvgIpc) is 3.20. The predicted octanol–water partition coefficient (Wildman–Crippen LogP) is 5.67. The van der Waals surface area contributed by atoms with E-state index in [1.807, 2.05) is 0 Å². The van der Waals surface area contributed by atoms with Gasteiger partial charge in [0.25, 0.3) is 0 Å². The van der Waals surface area contributed by atoms with E-state index in [-0.39, 0.29) is 12.1 Å². The number of aliphatic imine (C=N–C) groups is 1. The van der Waals surface area contributed by atoms with Crippen LogP contribution in [0.2, 0.25) is 0 Å².